The van der Waals surface area contributed by atoms with Gasteiger partial charge in [0.2, 0.25) is 11.8 Å². The summed E-state index contributed by atoms with van der Waals surface area (Å²) in [6.45, 7) is -0.311. The predicted octanol–water partition coefficient (Wildman–Crippen LogP) is 2.16. The topological polar surface area (TPSA) is 66.8 Å². The second kappa shape index (κ2) is 5.37. The number of carbonyl (C=O) groups is 2. The van der Waals surface area contributed by atoms with E-state index in [0.29, 0.717) is 5.69 Å². The summed E-state index contributed by atoms with van der Waals surface area (Å²) in [5, 5.41) is 9.83. The highest BCUT2D eigenvalue weighted by atomic mass is 16.5. The van der Waals surface area contributed by atoms with Crippen molar-refractivity contribution < 1.29 is 19.4 Å². The van der Waals surface area contributed by atoms with Crippen molar-refractivity contribution in [2.45, 2.75) is 11.7 Å². The van der Waals surface area contributed by atoms with E-state index in [0.717, 1.165) is 11.1 Å². The van der Waals surface area contributed by atoms with Crippen LogP contribution in [0.1, 0.15) is 0 Å². The summed E-state index contributed by atoms with van der Waals surface area (Å²) in [5.41, 5.74) is 1.28. The largest absolute Gasteiger partial charge is 0.393 e. The maximum Gasteiger partial charge on any atom is 0.241 e. The zero-order valence-electron chi connectivity index (χ0n) is 13.9. The normalized spacial score (nSPS) is 31.7. The van der Waals surface area contributed by atoms with Gasteiger partial charge in [0.1, 0.15) is 5.60 Å². The highest BCUT2D eigenvalue weighted by molar-refractivity contribution is 6.24. The molecule has 5 heteroatoms. The van der Waals surface area contributed by atoms with Gasteiger partial charge in [-0.3, -0.25) is 9.59 Å². The summed E-state index contributed by atoms with van der Waals surface area (Å²) in [6.07, 6.45) is 3.07. The predicted molar refractivity (Wildman–Crippen MR) is 95.2 cm³/mol. The molecule has 3 aliphatic rings. The Morgan fingerprint density at radius 2 is 1.73 bits per heavy atom. The molecule has 5 nitrogen and oxygen atoms in total. The van der Waals surface area contributed by atoms with Crippen LogP contribution in [0.2, 0.25) is 0 Å². The number of amides is 2. The quantitative estimate of drug-likeness (QED) is 0.682. The number of anilines is 1. The number of ether oxygens (including phenoxy) is 1. The third-order valence-electron chi connectivity index (χ3n) is 5.63. The Kier molecular flexibility index (Phi) is 3.20. The summed E-state index contributed by atoms with van der Waals surface area (Å²) >= 11 is 0. The standard InChI is InChI=1S/C21H17NO4/c23-12-21-11-10-16(26-21)17-18(21)20(25)22(19(17)24)15-9-5-4-8-14(15)13-6-2-1-3-7-13/h1-11,16-18,23H,12H2/t16-,17+,18-,21+/m1/s1. The third kappa shape index (κ3) is 1.87. The number of hydrogen-bond donors (Lipinski definition) is 1. The van der Waals surface area contributed by atoms with E-state index in [9.17, 15) is 14.7 Å². The Balaban J connectivity index is 1.62. The SMILES string of the molecule is O=C1[C@H]2[C@H]3C=C[C@@](CO)(O3)[C@H]2C(=O)N1c1ccccc1-c1ccccc1. The second-order valence-electron chi connectivity index (χ2n) is 6.95. The van der Waals surface area contributed by atoms with Crippen molar-refractivity contribution in [2.24, 2.45) is 11.8 Å². The molecule has 0 saturated carbocycles. The van der Waals surface area contributed by atoms with E-state index < -0.39 is 23.5 Å². The van der Waals surface area contributed by atoms with Crippen molar-refractivity contribution >= 4 is 17.5 Å². The first-order valence-electron chi connectivity index (χ1n) is 8.66. The van der Waals surface area contributed by atoms with Crippen molar-refractivity contribution in [3.8, 4) is 11.1 Å². The van der Waals surface area contributed by atoms with Crippen LogP contribution in [0.4, 0.5) is 5.69 Å². The molecule has 2 aromatic carbocycles. The zero-order chi connectivity index (χ0) is 17.9. The number of carbonyl (C=O) groups excluding carboxylic acids is 2. The van der Waals surface area contributed by atoms with E-state index in [4.69, 9.17) is 4.74 Å². The minimum atomic E-state index is -1.07. The first kappa shape index (κ1) is 15.5. The van der Waals surface area contributed by atoms with Crippen LogP contribution in [0.15, 0.2) is 66.7 Å². The van der Waals surface area contributed by atoms with Gasteiger partial charge in [-0.15, -0.1) is 0 Å². The van der Waals surface area contributed by atoms with Crippen LogP contribution < -0.4 is 4.90 Å². The molecule has 130 valence electrons. The summed E-state index contributed by atoms with van der Waals surface area (Å²) in [7, 11) is 0. The Hall–Kier alpha value is -2.76. The number of aliphatic hydroxyl groups is 1. The number of benzene rings is 2. The van der Waals surface area contributed by atoms with Crippen LogP contribution in [0.25, 0.3) is 11.1 Å². The Morgan fingerprint density at radius 3 is 2.50 bits per heavy atom. The summed E-state index contributed by atoms with van der Waals surface area (Å²) in [4.78, 5) is 27.6. The number of nitrogens with zero attached hydrogens (tertiary/aromatic N) is 1. The van der Waals surface area contributed by atoms with Crippen LogP contribution in [0.3, 0.4) is 0 Å². The molecule has 0 unspecified atom stereocenters. The first-order chi connectivity index (χ1) is 12.7. The fraction of sp³-hybridized carbons (Fsp3) is 0.238. The van der Waals surface area contributed by atoms with Crippen LogP contribution >= 0.6 is 0 Å². The van der Waals surface area contributed by atoms with Gasteiger partial charge in [-0.25, -0.2) is 4.90 Å². The van der Waals surface area contributed by atoms with E-state index in [1.165, 1.54) is 4.90 Å². The maximum absolute atomic E-state index is 13.2. The lowest BCUT2D eigenvalue weighted by atomic mass is 9.77. The average molecular weight is 347 g/mol. The van der Waals surface area contributed by atoms with E-state index in [1.54, 1.807) is 18.2 Å². The van der Waals surface area contributed by atoms with Crippen LogP contribution in [-0.4, -0.2) is 35.2 Å². The highest BCUT2D eigenvalue weighted by Crippen LogP contribution is 2.52. The molecule has 26 heavy (non-hydrogen) atoms. The smallest absolute Gasteiger partial charge is 0.241 e. The van der Waals surface area contributed by atoms with Gasteiger partial charge >= 0.3 is 0 Å². The van der Waals surface area contributed by atoms with Crippen molar-refractivity contribution in [1.29, 1.82) is 0 Å². The lowest BCUT2D eigenvalue weighted by molar-refractivity contribution is -0.128. The van der Waals surface area contributed by atoms with E-state index in [2.05, 4.69) is 0 Å². The molecule has 5 rings (SSSR count). The lowest BCUT2D eigenvalue weighted by Gasteiger charge is -2.27. The summed E-state index contributed by atoms with van der Waals surface area (Å²) < 4.78 is 5.79. The van der Waals surface area contributed by atoms with Gasteiger partial charge in [0.05, 0.1) is 30.2 Å². The molecule has 0 aliphatic carbocycles. The van der Waals surface area contributed by atoms with Crippen molar-refractivity contribution in [1.82, 2.24) is 0 Å². The molecular formula is C21H17NO4. The molecule has 2 fully saturated rings. The van der Waals surface area contributed by atoms with Gasteiger partial charge in [-0.05, 0) is 11.6 Å². The van der Waals surface area contributed by atoms with E-state index in [1.807, 2.05) is 48.5 Å². The highest BCUT2D eigenvalue weighted by Gasteiger charge is 2.67. The minimum Gasteiger partial charge on any atom is -0.393 e. The Bertz CT molecular complexity index is 938. The maximum atomic E-state index is 13.2. The van der Waals surface area contributed by atoms with Gasteiger partial charge in [-0.1, -0.05) is 60.7 Å². The Labute approximate surface area is 150 Å². The van der Waals surface area contributed by atoms with Crippen molar-refractivity contribution in [2.75, 3.05) is 11.5 Å². The molecular weight excluding hydrogens is 330 g/mol. The van der Waals surface area contributed by atoms with E-state index >= 15 is 0 Å². The van der Waals surface area contributed by atoms with Crippen LogP contribution in [0.5, 0.6) is 0 Å². The molecule has 2 amide bonds. The Morgan fingerprint density at radius 1 is 1.00 bits per heavy atom. The number of aliphatic hydroxyl groups excluding tert-OH is 1. The fourth-order valence-electron chi connectivity index (χ4n) is 4.45. The van der Waals surface area contributed by atoms with Gasteiger partial charge in [0.25, 0.3) is 0 Å². The van der Waals surface area contributed by atoms with Gasteiger partial charge in [0, 0.05) is 5.56 Å². The van der Waals surface area contributed by atoms with Crippen LogP contribution in [-0.2, 0) is 14.3 Å². The number of para-hydroxylation sites is 1. The summed E-state index contributed by atoms with van der Waals surface area (Å²) in [6, 6.07) is 17.1. The van der Waals surface area contributed by atoms with Crippen LogP contribution in [0, 0.1) is 11.8 Å². The number of fused-ring (bicyclic) bond motifs is 5. The first-order valence-corrected chi connectivity index (χ1v) is 8.66. The molecule has 4 atom stereocenters. The average Bonchev–Trinajstić information content (AvgIpc) is 3.33. The molecule has 3 aliphatic heterocycles. The third-order valence-corrected chi connectivity index (χ3v) is 5.63. The monoisotopic (exact) mass is 347 g/mol. The second-order valence-corrected chi connectivity index (χ2v) is 6.95. The van der Waals surface area contributed by atoms with Gasteiger partial charge in [0.15, 0.2) is 0 Å². The fourth-order valence-corrected chi connectivity index (χ4v) is 4.45. The molecule has 0 spiro atoms. The number of rotatable bonds is 3. The van der Waals surface area contributed by atoms with Gasteiger partial charge in [-0.2, -0.15) is 0 Å². The molecule has 0 aromatic heterocycles. The minimum absolute atomic E-state index is 0.256. The molecule has 1 N–H and O–H groups in total. The van der Waals surface area contributed by atoms with E-state index in [-0.39, 0.29) is 18.4 Å². The molecule has 0 radical (unpaired) electrons. The van der Waals surface area contributed by atoms with Gasteiger partial charge < -0.3 is 9.84 Å². The molecule has 2 aromatic rings. The zero-order valence-corrected chi connectivity index (χ0v) is 13.9. The number of imide groups is 1. The lowest BCUT2D eigenvalue weighted by Crippen LogP contribution is -2.43. The number of hydrogen-bond acceptors (Lipinski definition) is 4. The molecule has 3 heterocycles. The molecule has 2 saturated heterocycles. The van der Waals surface area contributed by atoms with Crippen molar-refractivity contribution in [3.05, 3.63) is 66.7 Å². The molecule has 2 bridgehead atoms. The van der Waals surface area contributed by atoms with Crippen molar-refractivity contribution in [3.63, 3.8) is 0 Å². The summed E-state index contributed by atoms with van der Waals surface area (Å²) in [5.74, 6) is -1.79.